The molecule has 0 bridgehead atoms. The molecule has 5 heteroatoms. The molecular weight excluding hydrogens is 329 g/mol. The lowest BCUT2D eigenvalue weighted by Crippen LogP contribution is -2.37. The number of rotatable bonds is 4. The summed E-state index contributed by atoms with van der Waals surface area (Å²) in [5.74, 6) is -0.193. The lowest BCUT2D eigenvalue weighted by Gasteiger charge is -2.26. The monoisotopic (exact) mass is 341 g/mol. The maximum atomic E-state index is 12.2. The van der Waals surface area contributed by atoms with E-state index in [0.717, 1.165) is 11.1 Å². The Hall–Kier alpha value is -1.22. The highest BCUT2D eigenvalue weighted by Crippen LogP contribution is 2.39. The second-order valence-corrected chi connectivity index (χ2v) is 6.98. The SMILES string of the molecule is O=C(Cc1ccccc1)N[C@H](c1ccccc1)C(Cl)(Cl)Cl. The van der Waals surface area contributed by atoms with E-state index in [1.165, 1.54) is 0 Å². The molecule has 2 rings (SSSR count). The fourth-order valence-electron chi connectivity index (χ4n) is 1.99. The number of halogens is 3. The molecular formula is C16H14Cl3NO. The Morgan fingerprint density at radius 2 is 1.48 bits per heavy atom. The summed E-state index contributed by atoms with van der Waals surface area (Å²) in [6.07, 6.45) is 0.241. The van der Waals surface area contributed by atoms with E-state index in [9.17, 15) is 4.79 Å². The van der Waals surface area contributed by atoms with Crippen molar-refractivity contribution < 1.29 is 4.79 Å². The molecule has 110 valence electrons. The molecule has 21 heavy (non-hydrogen) atoms. The standard InChI is InChI=1S/C16H14Cl3NO/c17-16(18,19)15(13-9-5-2-6-10-13)20-14(21)11-12-7-3-1-4-8-12/h1-10,15H,11H2,(H,20,21)/t15-/m1/s1. The third kappa shape index (κ3) is 4.92. The fourth-order valence-corrected chi connectivity index (χ4v) is 2.53. The highest BCUT2D eigenvalue weighted by Gasteiger charge is 2.35. The van der Waals surface area contributed by atoms with E-state index in [-0.39, 0.29) is 12.3 Å². The summed E-state index contributed by atoms with van der Waals surface area (Å²) in [5.41, 5.74) is 1.66. The predicted molar refractivity (Wildman–Crippen MR) is 87.8 cm³/mol. The van der Waals surface area contributed by atoms with Gasteiger partial charge in [0, 0.05) is 0 Å². The molecule has 0 saturated carbocycles. The average molecular weight is 343 g/mol. The van der Waals surface area contributed by atoms with Crippen LogP contribution in [0.4, 0.5) is 0 Å². The summed E-state index contributed by atoms with van der Waals surface area (Å²) < 4.78 is -1.62. The Labute approximate surface area is 139 Å². The topological polar surface area (TPSA) is 29.1 Å². The Balaban J connectivity index is 2.11. The Bertz CT molecular complexity index is 581. The van der Waals surface area contributed by atoms with Gasteiger partial charge in [-0.1, -0.05) is 95.5 Å². The minimum Gasteiger partial charge on any atom is -0.345 e. The van der Waals surface area contributed by atoms with Crippen molar-refractivity contribution in [1.29, 1.82) is 0 Å². The van der Waals surface area contributed by atoms with Crippen molar-refractivity contribution in [2.75, 3.05) is 0 Å². The highest BCUT2D eigenvalue weighted by atomic mass is 35.6. The van der Waals surface area contributed by atoms with E-state index >= 15 is 0 Å². The van der Waals surface area contributed by atoms with Crippen LogP contribution in [-0.4, -0.2) is 9.70 Å². The molecule has 0 unspecified atom stereocenters. The molecule has 0 aromatic heterocycles. The highest BCUT2D eigenvalue weighted by molar-refractivity contribution is 6.68. The van der Waals surface area contributed by atoms with Crippen molar-refractivity contribution >= 4 is 40.7 Å². The first-order valence-corrected chi connectivity index (χ1v) is 7.55. The minimum atomic E-state index is -1.62. The zero-order valence-electron chi connectivity index (χ0n) is 11.1. The van der Waals surface area contributed by atoms with Gasteiger partial charge in [-0.3, -0.25) is 4.79 Å². The molecule has 1 atom stereocenters. The number of amides is 1. The van der Waals surface area contributed by atoms with Gasteiger partial charge in [0.1, 0.15) is 6.04 Å². The molecule has 0 fully saturated rings. The molecule has 1 N–H and O–H groups in total. The number of carbonyl (C=O) groups is 1. The van der Waals surface area contributed by atoms with Crippen LogP contribution in [0.5, 0.6) is 0 Å². The van der Waals surface area contributed by atoms with E-state index in [0.29, 0.717) is 0 Å². The summed E-state index contributed by atoms with van der Waals surface area (Å²) in [5, 5.41) is 2.79. The molecule has 0 spiro atoms. The molecule has 1 amide bonds. The first kappa shape index (κ1) is 16.2. The van der Waals surface area contributed by atoms with Crippen molar-refractivity contribution in [3.8, 4) is 0 Å². The van der Waals surface area contributed by atoms with Crippen LogP contribution in [0.3, 0.4) is 0 Å². The smallest absolute Gasteiger partial charge is 0.225 e. The van der Waals surface area contributed by atoms with Gasteiger partial charge in [-0.15, -0.1) is 0 Å². The van der Waals surface area contributed by atoms with E-state index < -0.39 is 9.83 Å². The predicted octanol–water partition coefficient (Wildman–Crippen LogP) is 4.46. The van der Waals surface area contributed by atoms with E-state index in [1.807, 2.05) is 60.7 Å². The van der Waals surface area contributed by atoms with Gasteiger partial charge in [0.2, 0.25) is 9.70 Å². The molecule has 0 heterocycles. The molecule has 2 aromatic rings. The summed E-state index contributed by atoms with van der Waals surface area (Å²) in [7, 11) is 0. The maximum Gasteiger partial charge on any atom is 0.225 e. The van der Waals surface area contributed by atoms with Crippen LogP contribution in [-0.2, 0) is 11.2 Å². The van der Waals surface area contributed by atoms with Gasteiger partial charge in [-0.25, -0.2) is 0 Å². The van der Waals surface area contributed by atoms with Crippen molar-refractivity contribution in [2.24, 2.45) is 0 Å². The van der Waals surface area contributed by atoms with Gasteiger partial charge in [0.05, 0.1) is 6.42 Å². The lowest BCUT2D eigenvalue weighted by molar-refractivity contribution is -0.121. The number of benzene rings is 2. The molecule has 0 aliphatic rings. The van der Waals surface area contributed by atoms with Gasteiger partial charge < -0.3 is 5.32 Å². The summed E-state index contributed by atoms with van der Waals surface area (Å²) >= 11 is 18.0. The lowest BCUT2D eigenvalue weighted by atomic mass is 10.1. The van der Waals surface area contributed by atoms with Crippen LogP contribution in [0, 0.1) is 0 Å². The molecule has 0 aliphatic heterocycles. The minimum absolute atomic E-state index is 0.193. The van der Waals surface area contributed by atoms with Crippen molar-refractivity contribution in [3.63, 3.8) is 0 Å². The van der Waals surface area contributed by atoms with Crippen LogP contribution in [0.1, 0.15) is 17.2 Å². The van der Waals surface area contributed by atoms with Crippen LogP contribution in [0.2, 0.25) is 0 Å². The first-order chi connectivity index (χ1) is 9.97. The Morgan fingerprint density at radius 1 is 0.952 bits per heavy atom. The van der Waals surface area contributed by atoms with Crippen LogP contribution >= 0.6 is 34.8 Å². The van der Waals surface area contributed by atoms with Crippen LogP contribution < -0.4 is 5.32 Å². The van der Waals surface area contributed by atoms with E-state index in [1.54, 1.807) is 0 Å². The average Bonchev–Trinajstić information content (AvgIpc) is 2.45. The molecule has 0 saturated heterocycles. The normalized spacial score (nSPS) is 12.7. The first-order valence-electron chi connectivity index (χ1n) is 6.42. The van der Waals surface area contributed by atoms with Crippen molar-refractivity contribution in [2.45, 2.75) is 16.3 Å². The largest absolute Gasteiger partial charge is 0.345 e. The molecule has 0 radical (unpaired) electrons. The summed E-state index contributed by atoms with van der Waals surface area (Å²) in [6.45, 7) is 0. The fraction of sp³-hybridized carbons (Fsp3) is 0.188. The number of hydrogen-bond acceptors (Lipinski definition) is 1. The van der Waals surface area contributed by atoms with Crippen molar-refractivity contribution in [3.05, 3.63) is 71.8 Å². The number of carbonyl (C=O) groups excluding carboxylic acids is 1. The molecule has 2 aromatic carbocycles. The third-order valence-electron chi connectivity index (χ3n) is 2.97. The maximum absolute atomic E-state index is 12.2. The van der Waals surface area contributed by atoms with Gasteiger partial charge in [-0.05, 0) is 11.1 Å². The second kappa shape index (κ2) is 7.17. The zero-order valence-corrected chi connectivity index (χ0v) is 13.4. The zero-order chi connectivity index (χ0) is 15.3. The number of alkyl halides is 3. The quantitative estimate of drug-likeness (QED) is 0.817. The van der Waals surface area contributed by atoms with Gasteiger partial charge in [0.25, 0.3) is 0 Å². The summed E-state index contributed by atoms with van der Waals surface area (Å²) in [6, 6.07) is 17.9. The van der Waals surface area contributed by atoms with Crippen LogP contribution in [0.15, 0.2) is 60.7 Å². The Kier molecular flexibility index (Phi) is 5.51. The van der Waals surface area contributed by atoms with Crippen LogP contribution in [0.25, 0.3) is 0 Å². The van der Waals surface area contributed by atoms with Crippen molar-refractivity contribution in [1.82, 2.24) is 5.32 Å². The van der Waals surface area contributed by atoms with Gasteiger partial charge >= 0.3 is 0 Å². The van der Waals surface area contributed by atoms with Gasteiger partial charge in [-0.2, -0.15) is 0 Å². The van der Waals surface area contributed by atoms with E-state index in [2.05, 4.69) is 5.32 Å². The third-order valence-corrected chi connectivity index (χ3v) is 3.63. The molecule has 0 aliphatic carbocycles. The van der Waals surface area contributed by atoms with Gasteiger partial charge in [0.15, 0.2) is 0 Å². The second-order valence-electron chi connectivity index (χ2n) is 4.62. The number of hydrogen-bond donors (Lipinski definition) is 1. The number of nitrogens with one attached hydrogen (secondary N) is 1. The van der Waals surface area contributed by atoms with E-state index in [4.69, 9.17) is 34.8 Å². The summed E-state index contributed by atoms with van der Waals surface area (Å²) in [4.78, 5) is 12.2. The molecule has 2 nitrogen and oxygen atoms in total. The Morgan fingerprint density at radius 3 is 2.00 bits per heavy atom.